The summed E-state index contributed by atoms with van der Waals surface area (Å²) in [5.41, 5.74) is -7.05. The molecule has 0 N–H and O–H groups in total. The maximum Gasteiger partial charge on any atom is 0.268 e. The third-order valence-corrected chi connectivity index (χ3v) is 30.9. The maximum atomic E-state index is 11.7. The van der Waals surface area contributed by atoms with Crippen LogP contribution in [0.4, 0.5) is 0 Å². The molecule has 0 amide bonds. The summed E-state index contributed by atoms with van der Waals surface area (Å²) in [6.07, 6.45) is 4.09. The molecule has 9 heteroatoms. The molecule has 112 heavy (non-hydrogen) atoms. The van der Waals surface area contributed by atoms with Crippen LogP contribution in [-0.2, 0) is 21.1 Å². The second-order valence-electron chi connectivity index (χ2n) is 24.2. The number of rotatable bonds is 19. The zero-order chi connectivity index (χ0) is 124. The number of para-hydroxylation sites is 2. The summed E-state index contributed by atoms with van der Waals surface area (Å²) in [5.74, 6) is -0.993. The molecule has 0 aliphatic carbocycles. The molecule has 536 valence electrons. The van der Waals surface area contributed by atoms with Crippen LogP contribution >= 0.6 is 0 Å². The molecule has 0 unspecified atom stereocenters. The molecule has 3 aromatic heterocycles. The molecule has 0 spiro atoms. The first-order valence-electron chi connectivity index (χ1n) is 61.7. The molecule has 0 bridgehead atoms. The van der Waals surface area contributed by atoms with Gasteiger partial charge in [0.05, 0.1) is 90.7 Å². The van der Waals surface area contributed by atoms with Gasteiger partial charge < -0.3 is 13.9 Å². The van der Waals surface area contributed by atoms with Gasteiger partial charge in [0.15, 0.2) is 24.2 Å². The second kappa shape index (κ2) is 30.5. The van der Waals surface area contributed by atoms with Gasteiger partial charge in [-0.25, -0.2) is 4.98 Å². The predicted molar refractivity (Wildman–Crippen MR) is 466 cm³/mol. The van der Waals surface area contributed by atoms with Crippen molar-refractivity contribution in [3.8, 4) is 50.9 Å². The molecule has 19 rings (SSSR count). The summed E-state index contributed by atoms with van der Waals surface area (Å²) < 4.78 is 565. The zero-order valence-electron chi connectivity index (χ0n) is 114. The van der Waals surface area contributed by atoms with Gasteiger partial charge in [0.1, 0.15) is 5.82 Å². The number of imidazole rings is 1. The van der Waals surface area contributed by atoms with Crippen molar-refractivity contribution in [2.45, 2.75) is 6.85 Å². The molecule has 5 nitrogen and oxygen atoms in total. The molecule has 0 aliphatic rings. The van der Waals surface area contributed by atoms with E-state index in [0.29, 0.717) is 20.9 Å². The van der Waals surface area contributed by atoms with Crippen LogP contribution in [0.15, 0.2) is 430 Å². The van der Waals surface area contributed by atoms with Crippen LogP contribution in [0, 0.1) is 25.3 Å². The second-order valence-corrected chi connectivity index (χ2v) is 34.8. The number of nitrogens with zero attached hydrogens (tertiary/aromatic N) is 4. The summed E-state index contributed by atoms with van der Waals surface area (Å²) in [5, 5.41) is -14.6. The third kappa shape index (κ3) is 12.2. The number of fused-ring (bicyclic) bond motifs is 4. The third-order valence-electron chi connectivity index (χ3n) is 18.6. The monoisotopic (exact) mass is 1720 g/mol. The van der Waals surface area contributed by atoms with Gasteiger partial charge in [-0.3, -0.25) is 4.57 Å². The van der Waals surface area contributed by atoms with E-state index in [1.54, 1.807) is 24.3 Å². The van der Waals surface area contributed by atoms with Crippen LogP contribution in [0.5, 0.6) is 11.5 Å². The fourth-order valence-corrected chi connectivity index (χ4v) is 25.4. The molecule has 19 aromatic rings. The SMILES string of the molecule is [2H]c1c([2H])c([2H])c(-c2cnc(-n3c4[c-]c(Oc5[c-]c(-n6[c-][n+](-c7c(-c8c([2H])c([2H])c([2H])c([Si](c9c([2H])c([2H])c([2H])c([2H])c9[2H])(c9c([2H])c([2H])c([2H])c([2H])c9[2H])c9c([2H])c([2H])c([2H])c([2H])c9[2H])c8[2H])cccc7[Si](c7c([2H])c([2H])c([2H])c([2H])c7[2H])(c7c([2H])c([2H])c([2H])c([2H])c7[2H])c7c([2H])c([2H])c([2H])c([2H])c7[2H])c7ccc([Si](c8c([2H])c([2H])c([2H])c([2H])c8[2H])(c8c([2H])c([2H])c([2H])c([2H])c8[2H])c8c([2H])c([2H])c([2H])c([2H])c8[2H])cc76)ccc5)ccc4c4ccccc43)cc2C([2H])([2H])[2H])c([2H])c1[2H].[Pt]. The van der Waals surface area contributed by atoms with E-state index in [4.69, 9.17) is 23.9 Å². The van der Waals surface area contributed by atoms with Crippen LogP contribution in [-0.4, -0.2) is 38.3 Å². The summed E-state index contributed by atoms with van der Waals surface area (Å²) >= 11 is 0. The van der Waals surface area contributed by atoms with Crippen LogP contribution < -0.4 is 71.5 Å². The maximum absolute atomic E-state index is 11.7. The number of ether oxygens (including phenoxy) is 1. The van der Waals surface area contributed by atoms with E-state index in [-0.39, 0.29) is 38.1 Å². The molecular formula is C103H74N4OPtSi3-2. The van der Waals surface area contributed by atoms with Crippen molar-refractivity contribution in [1.82, 2.24) is 14.1 Å². The van der Waals surface area contributed by atoms with Crippen molar-refractivity contribution >= 4 is 119 Å². The van der Waals surface area contributed by atoms with Crippen LogP contribution in [0.3, 0.4) is 0 Å². The average molecular weight is 1720 g/mol. The summed E-state index contributed by atoms with van der Waals surface area (Å²) in [7, 11) is -20.9. The number of hydrogen-bond acceptors (Lipinski definition) is 2. The minimum absolute atomic E-state index is 0. The van der Waals surface area contributed by atoms with Gasteiger partial charge >= 0.3 is 0 Å². The Labute approximate surface area is 751 Å². The van der Waals surface area contributed by atoms with Crippen molar-refractivity contribution in [2.75, 3.05) is 0 Å². The standard InChI is InChI=1S/C103H74N4OSi3.Pt/c1-76-69-102(104-74-96(76)77-37-12-2-13-38-77)107-97-63-33-32-61-94(97)95-67-65-81(72-99(95)107)108-80-41-35-40-79(71-80)105-75-106(98-68-66-92(73-100(98)105)110(85-48-20-6-21-49-85,86-50-22-7-23-51-86)87-52-24-8-25-53-87)103-93(62-36-64-101(103)111(88-54-26-9-27-55-88,89-56-28-10-29-57-89)90-58-30-11-31-59-90)78-39-34-60-91(70-78)109(82-42-14-3-15-43-82,83-44-16-4-17-45-83)84-46-18-5-19-47-84;/h2-70,73-74H,1H3;/q-2;/i1D3,2D,3D,4D,5D,6D,7D,8D,9D,10D,11D,12D,13D,14D,15D,16D,17D,18D,19D,20D,21D,22D,23D,24D,25D,26D,27D,28D,29D,30D,31D,34D,37D,38D,39D,42D,43D,44D,45D,46D,47D,48D,49D,50D,51D,52D,53D,54D,55D,56D,57D,58D,59D,60D,70D;. The van der Waals surface area contributed by atoms with E-state index < -0.39 is 476 Å². The van der Waals surface area contributed by atoms with E-state index in [1.165, 1.54) is 28.8 Å². The van der Waals surface area contributed by atoms with Gasteiger partial charge in [0.25, 0.3) is 6.33 Å². The molecule has 3 heterocycles. The molecule has 16 aromatic carbocycles. The molecule has 0 saturated carbocycles. The van der Waals surface area contributed by atoms with Gasteiger partial charge in [-0.15, -0.1) is 29.7 Å². The first kappa shape index (κ1) is 31.8. The normalized spacial score (nSPS) is 19.0. The number of hydrogen-bond donors (Lipinski definition) is 0. The van der Waals surface area contributed by atoms with Crippen molar-refractivity contribution in [2.24, 2.45) is 0 Å². The van der Waals surface area contributed by atoms with Crippen LogP contribution in [0.2, 0.25) is 0 Å². The number of aromatic nitrogens is 4. The Hall–Kier alpha value is -12.9. The Bertz CT molecular complexity index is 9420. The van der Waals surface area contributed by atoms with Crippen LogP contribution in [0.1, 0.15) is 83.7 Å². The van der Waals surface area contributed by atoms with Gasteiger partial charge in [-0.05, 0) is 115 Å². The Morgan fingerprint density at radius 3 is 1.35 bits per heavy atom. The van der Waals surface area contributed by atoms with E-state index in [2.05, 4.69) is 23.4 Å². The van der Waals surface area contributed by atoms with Gasteiger partial charge in [-0.2, -0.15) is 18.2 Å². The quantitative estimate of drug-likeness (QED) is 0.0350. The van der Waals surface area contributed by atoms with Crippen LogP contribution in [0.25, 0.3) is 72.3 Å². The summed E-state index contributed by atoms with van der Waals surface area (Å²) in [6, 6.07) is -48.0. The van der Waals surface area contributed by atoms with E-state index in [0.717, 1.165) is 59.3 Å². The van der Waals surface area contributed by atoms with Gasteiger partial charge in [0, 0.05) is 54.0 Å². The van der Waals surface area contributed by atoms with E-state index >= 15 is 0 Å². The van der Waals surface area contributed by atoms with Gasteiger partial charge in [-0.1, -0.05) is 386 Å². The molecular weight excluding hydrogens is 1590 g/mol. The van der Waals surface area contributed by atoms with Crippen molar-refractivity contribution in [3.63, 3.8) is 0 Å². The Kier molecular flexibility index (Phi) is 8.66. The topological polar surface area (TPSA) is 35.9 Å². The van der Waals surface area contributed by atoms with Gasteiger partial charge in [0.2, 0.25) is 0 Å². The van der Waals surface area contributed by atoms with Crippen molar-refractivity contribution in [3.05, 3.63) is 454 Å². The molecule has 0 aliphatic heterocycles. The fraction of sp³-hybridized carbons (Fsp3) is 0.00971. The summed E-state index contributed by atoms with van der Waals surface area (Å²) in [6.45, 7) is -3.15. The average Bonchev–Trinajstić information content (AvgIpc) is 1.59. The Morgan fingerprint density at radius 1 is 0.375 bits per heavy atom. The fourth-order valence-electron chi connectivity index (χ4n) is 14.0. The smallest absolute Gasteiger partial charge is 0.268 e. The number of pyridine rings is 1. The van der Waals surface area contributed by atoms with E-state index in [9.17, 15) is 58.9 Å². The number of benzene rings is 16. The molecule has 0 fully saturated rings. The Balaban J connectivity index is 0.0000182. The Morgan fingerprint density at radius 2 is 0.830 bits per heavy atom. The predicted octanol–water partition coefficient (Wildman–Crippen LogP) is 15.4. The summed E-state index contributed by atoms with van der Waals surface area (Å²) in [4.78, 5) is 4.66. The number of aryl methyl sites for hydroxylation is 1. The first-order valence-corrected chi connectivity index (χ1v) is 39.2. The molecule has 0 atom stereocenters. The largest absolute Gasteiger partial charge is 0.510 e. The van der Waals surface area contributed by atoms with E-state index in [1.807, 2.05) is 0 Å². The first-order chi connectivity index (χ1) is 78.6. The van der Waals surface area contributed by atoms with Crippen molar-refractivity contribution in [1.29, 1.82) is 0 Å². The molecule has 0 saturated heterocycles. The minimum Gasteiger partial charge on any atom is -0.510 e. The molecule has 0 radical (unpaired) electrons. The van der Waals surface area contributed by atoms with Crippen molar-refractivity contribution < 1.29 is 109 Å². The zero-order valence-corrected chi connectivity index (χ0v) is 62.1. The minimum atomic E-state index is -7.18.